The van der Waals surface area contributed by atoms with E-state index in [-0.39, 0.29) is 18.4 Å². The molecule has 0 saturated heterocycles. The summed E-state index contributed by atoms with van der Waals surface area (Å²) in [6.07, 6.45) is 0.838. The lowest BCUT2D eigenvalue weighted by atomic mass is 10.1. The SMILES string of the molecule is Cc1nnc(C(Cc2ccccc2)NC(=O)Cc2ccc(Cl)cc2)o1. The van der Waals surface area contributed by atoms with E-state index in [4.69, 9.17) is 16.0 Å². The summed E-state index contributed by atoms with van der Waals surface area (Å²) in [7, 11) is 0. The summed E-state index contributed by atoms with van der Waals surface area (Å²) in [5, 5.41) is 11.6. The van der Waals surface area contributed by atoms with Crippen molar-refractivity contribution in [2.24, 2.45) is 0 Å². The zero-order valence-corrected chi connectivity index (χ0v) is 14.5. The van der Waals surface area contributed by atoms with Crippen LogP contribution in [0.15, 0.2) is 59.0 Å². The highest BCUT2D eigenvalue weighted by Gasteiger charge is 2.21. The number of benzene rings is 2. The van der Waals surface area contributed by atoms with Gasteiger partial charge in [0.2, 0.25) is 17.7 Å². The van der Waals surface area contributed by atoms with Gasteiger partial charge in [-0.3, -0.25) is 4.79 Å². The Bertz CT molecular complexity index is 831. The number of rotatable bonds is 6. The van der Waals surface area contributed by atoms with Crippen LogP contribution in [-0.4, -0.2) is 16.1 Å². The predicted molar refractivity (Wildman–Crippen MR) is 95.2 cm³/mol. The summed E-state index contributed by atoms with van der Waals surface area (Å²) in [4.78, 5) is 12.4. The maximum Gasteiger partial charge on any atom is 0.239 e. The first-order valence-corrected chi connectivity index (χ1v) is 8.35. The second-order valence-electron chi connectivity index (χ2n) is 5.77. The van der Waals surface area contributed by atoms with E-state index in [1.54, 1.807) is 19.1 Å². The Morgan fingerprint density at radius 3 is 2.44 bits per heavy atom. The van der Waals surface area contributed by atoms with E-state index in [1.807, 2.05) is 42.5 Å². The molecule has 1 N–H and O–H groups in total. The molecule has 1 heterocycles. The van der Waals surface area contributed by atoms with Gasteiger partial charge in [-0.2, -0.15) is 0 Å². The third-order valence-corrected chi connectivity index (χ3v) is 3.99. The number of aromatic nitrogens is 2. The van der Waals surface area contributed by atoms with Crippen LogP contribution in [0.3, 0.4) is 0 Å². The lowest BCUT2D eigenvalue weighted by Gasteiger charge is -2.15. The zero-order chi connectivity index (χ0) is 17.6. The average Bonchev–Trinajstić information content (AvgIpc) is 3.04. The Morgan fingerprint density at radius 1 is 1.08 bits per heavy atom. The van der Waals surface area contributed by atoms with Crippen molar-refractivity contribution in [1.29, 1.82) is 0 Å². The quantitative estimate of drug-likeness (QED) is 0.732. The highest BCUT2D eigenvalue weighted by molar-refractivity contribution is 6.30. The highest BCUT2D eigenvalue weighted by Crippen LogP contribution is 2.18. The number of nitrogens with zero attached hydrogens (tertiary/aromatic N) is 2. The molecule has 3 rings (SSSR count). The van der Waals surface area contributed by atoms with Gasteiger partial charge in [0.1, 0.15) is 6.04 Å². The minimum atomic E-state index is -0.372. The Labute approximate surface area is 151 Å². The van der Waals surface area contributed by atoms with Gasteiger partial charge >= 0.3 is 0 Å². The topological polar surface area (TPSA) is 68.0 Å². The summed E-state index contributed by atoms with van der Waals surface area (Å²) in [5.74, 6) is 0.768. The Balaban J connectivity index is 1.72. The maximum atomic E-state index is 12.4. The Hall–Kier alpha value is -2.66. The third kappa shape index (κ3) is 4.90. The second-order valence-corrected chi connectivity index (χ2v) is 6.21. The summed E-state index contributed by atoms with van der Waals surface area (Å²) >= 11 is 5.88. The summed E-state index contributed by atoms with van der Waals surface area (Å²) in [6, 6.07) is 16.7. The molecule has 0 radical (unpaired) electrons. The van der Waals surface area contributed by atoms with Crippen LogP contribution in [0.2, 0.25) is 5.02 Å². The van der Waals surface area contributed by atoms with Crippen LogP contribution >= 0.6 is 11.6 Å². The smallest absolute Gasteiger partial charge is 0.239 e. The fourth-order valence-corrected chi connectivity index (χ4v) is 2.66. The summed E-state index contributed by atoms with van der Waals surface area (Å²) in [5.41, 5.74) is 1.97. The van der Waals surface area contributed by atoms with Gasteiger partial charge in [-0.25, -0.2) is 0 Å². The van der Waals surface area contributed by atoms with E-state index in [2.05, 4.69) is 15.5 Å². The van der Waals surface area contributed by atoms with Crippen molar-refractivity contribution >= 4 is 17.5 Å². The molecular formula is C19H18ClN3O2. The zero-order valence-electron chi connectivity index (χ0n) is 13.8. The number of hydrogen-bond donors (Lipinski definition) is 1. The molecule has 0 aliphatic rings. The molecule has 25 heavy (non-hydrogen) atoms. The monoisotopic (exact) mass is 355 g/mol. The number of aryl methyl sites for hydroxylation is 1. The average molecular weight is 356 g/mol. The Morgan fingerprint density at radius 2 is 1.80 bits per heavy atom. The van der Waals surface area contributed by atoms with E-state index in [0.717, 1.165) is 11.1 Å². The van der Waals surface area contributed by atoms with Crippen LogP contribution in [0.25, 0.3) is 0 Å². The fourth-order valence-electron chi connectivity index (χ4n) is 2.54. The number of halogens is 1. The molecule has 0 fully saturated rings. The molecule has 5 nitrogen and oxygen atoms in total. The molecule has 128 valence electrons. The van der Waals surface area contributed by atoms with Gasteiger partial charge < -0.3 is 9.73 Å². The predicted octanol–water partition coefficient (Wildman–Crippen LogP) is 3.67. The minimum Gasteiger partial charge on any atom is -0.423 e. The molecule has 3 aromatic rings. The molecule has 0 bridgehead atoms. The number of carbonyl (C=O) groups is 1. The van der Waals surface area contributed by atoms with Crippen LogP contribution in [0, 0.1) is 6.92 Å². The first-order valence-electron chi connectivity index (χ1n) is 7.98. The van der Waals surface area contributed by atoms with E-state index in [0.29, 0.717) is 23.2 Å². The molecule has 1 aromatic heterocycles. The van der Waals surface area contributed by atoms with Crippen molar-refractivity contribution in [3.05, 3.63) is 82.5 Å². The van der Waals surface area contributed by atoms with Crippen LogP contribution in [-0.2, 0) is 17.6 Å². The molecule has 0 aliphatic heterocycles. The van der Waals surface area contributed by atoms with Crippen LogP contribution in [0.1, 0.15) is 29.0 Å². The minimum absolute atomic E-state index is 0.112. The molecule has 0 aliphatic carbocycles. The van der Waals surface area contributed by atoms with E-state index < -0.39 is 0 Å². The lowest BCUT2D eigenvalue weighted by Crippen LogP contribution is -2.31. The molecule has 1 unspecified atom stereocenters. The Kier molecular flexibility index (Phi) is 5.46. The number of nitrogens with one attached hydrogen (secondary N) is 1. The lowest BCUT2D eigenvalue weighted by molar-refractivity contribution is -0.121. The van der Waals surface area contributed by atoms with Crippen LogP contribution in [0.4, 0.5) is 0 Å². The molecule has 1 amide bonds. The third-order valence-electron chi connectivity index (χ3n) is 3.74. The van der Waals surface area contributed by atoms with Gasteiger partial charge in [0.05, 0.1) is 6.42 Å². The van der Waals surface area contributed by atoms with Crippen molar-refractivity contribution in [2.45, 2.75) is 25.8 Å². The van der Waals surface area contributed by atoms with Crippen molar-refractivity contribution < 1.29 is 9.21 Å². The maximum absolute atomic E-state index is 12.4. The van der Waals surface area contributed by atoms with E-state index in [9.17, 15) is 4.79 Å². The van der Waals surface area contributed by atoms with Gasteiger partial charge in [-0.15, -0.1) is 10.2 Å². The fraction of sp³-hybridized carbons (Fsp3) is 0.211. The van der Waals surface area contributed by atoms with Crippen molar-refractivity contribution in [1.82, 2.24) is 15.5 Å². The van der Waals surface area contributed by atoms with Crippen molar-refractivity contribution in [3.8, 4) is 0 Å². The van der Waals surface area contributed by atoms with Crippen molar-refractivity contribution in [2.75, 3.05) is 0 Å². The van der Waals surface area contributed by atoms with Gasteiger partial charge in [0.25, 0.3) is 0 Å². The number of hydrogen-bond acceptors (Lipinski definition) is 4. The summed E-state index contributed by atoms with van der Waals surface area (Å²) < 4.78 is 5.53. The van der Waals surface area contributed by atoms with Crippen LogP contribution in [0.5, 0.6) is 0 Å². The number of carbonyl (C=O) groups excluding carboxylic acids is 1. The van der Waals surface area contributed by atoms with Gasteiger partial charge in [-0.05, 0) is 23.3 Å². The van der Waals surface area contributed by atoms with Gasteiger partial charge in [0.15, 0.2) is 0 Å². The normalized spacial score (nSPS) is 11.9. The first kappa shape index (κ1) is 17.2. The molecule has 0 saturated carbocycles. The number of amides is 1. The molecule has 6 heteroatoms. The molecule has 2 aromatic carbocycles. The van der Waals surface area contributed by atoms with Gasteiger partial charge in [0, 0.05) is 18.4 Å². The first-order chi connectivity index (χ1) is 12.1. The van der Waals surface area contributed by atoms with E-state index >= 15 is 0 Å². The molecule has 1 atom stereocenters. The largest absolute Gasteiger partial charge is 0.423 e. The van der Waals surface area contributed by atoms with E-state index in [1.165, 1.54) is 0 Å². The van der Waals surface area contributed by atoms with Crippen molar-refractivity contribution in [3.63, 3.8) is 0 Å². The second kappa shape index (κ2) is 7.94. The summed E-state index contributed by atoms with van der Waals surface area (Å²) in [6.45, 7) is 1.73. The van der Waals surface area contributed by atoms with Crippen LogP contribution < -0.4 is 5.32 Å². The molecule has 0 spiro atoms. The highest BCUT2D eigenvalue weighted by atomic mass is 35.5. The standard InChI is InChI=1S/C19H18ClN3O2/c1-13-22-23-19(25-13)17(11-14-5-3-2-4-6-14)21-18(24)12-15-7-9-16(20)10-8-15/h2-10,17H,11-12H2,1H3,(H,21,24). The molecular weight excluding hydrogens is 338 g/mol. The van der Waals surface area contributed by atoms with Gasteiger partial charge in [-0.1, -0.05) is 54.1 Å².